The molecule has 0 radical (unpaired) electrons. The van der Waals surface area contributed by atoms with E-state index in [2.05, 4.69) is 10.2 Å². The zero-order chi connectivity index (χ0) is 17.8. The summed E-state index contributed by atoms with van der Waals surface area (Å²) in [6, 6.07) is 13.7. The molecule has 0 saturated carbocycles. The van der Waals surface area contributed by atoms with Crippen LogP contribution in [0.2, 0.25) is 10.0 Å². The number of hydrogen-bond acceptors (Lipinski definition) is 4. The third-order valence-electron chi connectivity index (χ3n) is 3.41. The van der Waals surface area contributed by atoms with Crippen molar-refractivity contribution < 1.29 is 9.47 Å². The van der Waals surface area contributed by atoms with Gasteiger partial charge >= 0.3 is 0 Å². The molecule has 3 aromatic rings. The molecule has 1 aromatic heterocycles. The first kappa shape index (κ1) is 17.3. The molecule has 128 valence electrons. The average Bonchev–Trinajstić information content (AvgIpc) is 2.56. The van der Waals surface area contributed by atoms with Crippen LogP contribution in [-0.2, 0) is 6.42 Å². The lowest BCUT2D eigenvalue weighted by Gasteiger charge is -2.12. The molecule has 3 rings (SSSR count). The van der Waals surface area contributed by atoms with Crippen LogP contribution in [0.5, 0.6) is 17.2 Å². The van der Waals surface area contributed by atoms with Crippen LogP contribution in [0.4, 0.5) is 0 Å². The molecular weight excluding hydrogens is 363 g/mol. The third kappa shape index (κ3) is 4.53. The summed E-state index contributed by atoms with van der Waals surface area (Å²) in [5, 5.41) is 7.39. The van der Waals surface area contributed by atoms with Crippen LogP contribution in [0.25, 0.3) is 0 Å². The molecular formula is C18H14Cl2N2O3. The van der Waals surface area contributed by atoms with E-state index in [1.165, 1.54) is 6.07 Å². The van der Waals surface area contributed by atoms with E-state index in [0.717, 1.165) is 11.3 Å². The predicted molar refractivity (Wildman–Crippen MR) is 97.2 cm³/mol. The highest BCUT2D eigenvalue weighted by atomic mass is 35.5. The van der Waals surface area contributed by atoms with Crippen molar-refractivity contribution >= 4 is 23.2 Å². The molecule has 0 aliphatic heterocycles. The molecule has 0 aliphatic carbocycles. The SMILES string of the molecule is COc1ccc(Cc2ccc(=O)[nH]n2)cc1Oc1cc(Cl)cc(Cl)c1. The highest BCUT2D eigenvalue weighted by Gasteiger charge is 2.09. The highest BCUT2D eigenvalue weighted by molar-refractivity contribution is 6.34. The number of benzene rings is 2. The summed E-state index contributed by atoms with van der Waals surface area (Å²) in [5.41, 5.74) is 1.45. The molecule has 0 unspecified atom stereocenters. The molecule has 0 spiro atoms. The van der Waals surface area contributed by atoms with E-state index >= 15 is 0 Å². The molecule has 5 nitrogen and oxygen atoms in total. The fraction of sp³-hybridized carbons (Fsp3) is 0.111. The molecule has 7 heteroatoms. The van der Waals surface area contributed by atoms with Crippen molar-refractivity contribution in [3.05, 3.63) is 80.2 Å². The van der Waals surface area contributed by atoms with Gasteiger partial charge in [-0.15, -0.1) is 0 Å². The summed E-state index contributed by atoms with van der Waals surface area (Å²) in [4.78, 5) is 11.1. The van der Waals surface area contributed by atoms with E-state index in [-0.39, 0.29) is 5.56 Å². The topological polar surface area (TPSA) is 64.2 Å². The number of ether oxygens (including phenoxy) is 2. The third-order valence-corrected chi connectivity index (χ3v) is 3.85. The minimum atomic E-state index is -0.236. The summed E-state index contributed by atoms with van der Waals surface area (Å²) < 4.78 is 11.2. The standard InChI is InChI=1S/C18H14Cl2N2O3/c1-24-16-4-2-11(6-14-3-5-18(23)22-21-14)7-17(16)25-15-9-12(19)8-13(20)10-15/h2-5,7-10H,6H2,1H3,(H,22,23). The van der Waals surface area contributed by atoms with E-state index in [9.17, 15) is 4.79 Å². The Kier molecular flexibility index (Phi) is 5.26. The van der Waals surface area contributed by atoms with Gasteiger partial charge in [-0.25, -0.2) is 5.10 Å². The van der Waals surface area contributed by atoms with Crippen molar-refractivity contribution in [1.29, 1.82) is 0 Å². The number of hydrogen-bond donors (Lipinski definition) is 1. The number of aromatic nitrogens is 2. The van der Waals surface area contributed by atoms with Crippen molar-refractivity contribution in [2.45, 2.75) is 6.42 Å². The Morgan fingerprint density at radius 3 is 2.40 bits per heavy atom. The Morgan fingerprint density at radius 1 is 1.00 bits per heavy atom. The second kappa shape index (κ2) is 7.59. The van der Waals surface area contributed by atoms with E-state index in [1.54, 1.807) is 31.4 Å². The van der Waals surface area contributed by atoms with Crippen LogP contribution in [0.1, 0.15) is 11.3 Å². The van der Waals surface area contributed by atoms with Crippen LogP contribution in [-0.4, -0.2) is 17.3 Å². The quantitative estimate of drug-likeness (QED) is 0.713. The summed E-state index contributed by atoms with van der Waals surface area (Å²) in [5.74, 6) is 1.62. The largest absolute Gasteiger partial charge is 0.493 e. The number of nitrogens with zero attached hydrogens (tertiary/aromatic N) is 1. The molecule has 25 heavy (non-hydrogen) atoms. The number of halogens is 2. The van der Waals surface area contributed by atoms with Gasteiger partial charge in [0.25, 0.3) is 5.56 Å². The van der Waals surface area contributed by atoms with Crippen molar-refractivity contribution in [3.8, 4) is 17.2 Å². The average molecular weight is 377 g/mol. The maximum atomic E-state index is 11.1. The van der Waals surface area contributed by atoms with E-state index in [0.29, 0.717) is 33.7 Å². The second-order valence-corrected chi connectivity index (χ2v) is 6.15. The lowest BCUT2D eigenvalue weighted by atomic mass is 10.1. The minimum Gasteiger partial charge on any atom is -0.493 e. The van der Waals surface area contributed by atoms with Gasteiger partial charge < -0.3 is 9.47 Å². The van der Waals surface area contributed by atoms with Crippen LogP contribution in [0.3, 0.4) is 0 Å². The summed E-state index contributed by atoms with van der Waals surface area (Å²) in [7, 11) is 1.57. The van der Waals surface area contributed by atoms with Crippen molar-refractivity contribution in [2.75, 3.05) is 7.11 Å². The normalized spacial score (nSPS) is 10.5. The Hall–Kier alpha value is -2.50. The lowest BCUT2D eigenvalue weighted by Crippen LogP contribution is -2.07. The molecule has 2 aromatic carbocycles. The van der Waals surface area contributed by atoms with Gasteiger partial charge in [0.1, 0.15) is 5.75 Å². The number of aromatic amines is 1. The van der Waals surface area contributed by atoms with Crippen LogP contribution in [0.15, 0.2) is 53.3 Å². The zero-order valence-corrected chi connectivity index (χ0v) is 14.8. The summed E-state index contributed by atoms with van der Waals surface area (Å²) in [6.07, 6.45) is 0.535. The molecule has 0 fully saturated rings. The van der Waals surface area contributed by atoms with Crippen LogP contribution >= 0.6 is 23.2 Å². The minimum absolute atomic E-state index is 0.236. The smallest absolute Gasteiger partial charge is 0.264 e. The fourth-order valence-corrected chi connectivity index (χ4v) is 2.81. The number of methoxy groups -OCH3 is 1. The molecule has 0 saturated heterocycles. The Balaban J connectivity index is 1.89. The molecule has 1 heterocycles. The lowest BCUT2D eigenvalue weighted by molar-refractivity contribution is 0.378. The Morgan fingerprint density at radius 2 is 1.76 bits per heavy atom. The molecule has 1 N–H and O–H groups in total. The van der Waals surface area contributed by atoms with Gasteiger partial charge in [0.15, 0.2) is 11.5 Å². The Labute approximate surface area is 154 Å². The number of rotatable bonds is 5. The van der Waals surface area contributed by atoms with Gasteiger partial charge in [-0.3, -0.25) is 4.79 Å². The number of nitrogens with one attached hydrogen (secondary N) is 1. The van der Waals surface area contributed by atoms with E-state index < -0.39 is 0 Å². The highest BCUT2D eigenvalue weighted by Crippen LogP contribution is 2.35. The van der Waals surface area contributed by atoms with Crippen molar-refractivity contribution in [3.63, 3.8) is 0 Å². The summed E-state index contributed by atoms with van der Waals surface area (Å²) >= 11 is 12.0. The van der Waals surface area contributed by atoms with Crippen molar-refractivity contribution in [2.24, 2.45) is 0 Å². The fourth-order valence-electron chi connectivity index (χ4n) is 2.31. The van der Waals surface area contributed by atoms with Gasteiger partial charge in [-0.05, 0) is 42.0 Å². The van der Waals surface area contributed by atoms with Crippen molar-refractivity contribution in [1.82, 2.24) is 10.2 Å². The van der Waals surface area contributed by atoms with E-state index in [4.69, 9.17) is 32.7 Å². The van der Waals surface area contributed by atoms with Gasteiger partial charge in [0, 0.05) is 22.5 Å². The molecule has 0 bridgehead atoms. The van der Waals surface area contributed by atoms with E-state index in [1.807, 2.05) is 18.2 Å². The van der Waals surface area contributed by atoms with Gasteiger partial charge in [0.2, 0.25) is 0 Å². The molecule has 0 amide bonds. The predicted octanol–water partition coefficient (Wildman–Crippen LogP) is 4.47. The van der Waals surface area contributed by atoms with Crippen LogP contribution in [0, 0.1) is 0 Å². The van der Waals surface area contributed by atoms with Crippen LogP contribution < -0.4 is 15.0 Å². The maximum Gasteiger partial charge on any atom is 0.264 e. The maximum absolute atomic E-state index is 11.1. The molecule has 0 aliphatic rings. The summed E-state index contributed by atoms with van der Waals surface area (Å²) in [6.45, 7) is 0. The first-order valence-electron chi connectivity index (χ1n) is 7.39. The van der Waals surface area contributed by atoms with Gasteiger partial charge in [-0.1, -0.05) is 29.3 Å². The first-order chi connectivity index (χ1) is 12.0. The monoisotopic (exact) mass is 376 g/mol. The number of H-pyrrole nitrogens is 1. The zero-order valence-electron chi connectivity index (χ0n) is 13.3. The van der Waals surface area contributed by atoms with Gasteiger partial charge in [0.05, 0.1) is 12.8 Å². The second-order valence-electron chi connectivity index (χ2n) is 5.28. The van der Waals surface area contributed by atoms with Gasteiger partial charge in [-0.2, -0.15) is 5.10 Å². The Bertz CT molecular complexity index is 917. The molecule has 0 atom stereocenters. The first-order valence-corrected chi connectivity index (χ1v) is 8.14.